The van der Waals surface area contributed by atoms with E-state index in [1.165, 1.54) is 5.56 Å². The molecule has 5 nitrogen and oxygen atoms in total. The molecule has 52 heavy (non-hydrogen) atoms. The highest BCUT2D eigenvalue weighted by Gasteiger charge is 2.52. The largest absolute Gasteiger partial charge is 0.401 e. The van der Waals surface area contributed by atoms with Crippen LogP contribution in [0.3, 0.4) is 0 Å². The van der Waals surface area contributed by atoms with Crippen LogP contribution in [-0.4, -0.2) is 79.5 Å². The summed E-state index contributed by atoms with van der Waals surface area (Å²) >= 11 is 1.65. The van der Waals surface area contributed by atoms with Crippen molar-refractivity contribution in [1.29, 1.82) is 0 Å². The molecule has 7 rings (SSSR count). The van der Waals surface area contributed by atoms with Crippen molar-refractivity contribution in [1.82, 2.24) is 19.8 Å². The number of hydrogen-bond donors (Lipinski definition) is 1. The van der Waals surface area contributed by atoms with E-state index in [9.17, 15) is 4.39 Å². The van der Waals surface area contributed by atoms with Gasteiger partial charge in [-0.1, -0.05) is 99.6 Å². The number of para-hydroxylation sites is 1. The van der Waals surface area contributed by atoms with Crippen LogP contribution < -0.4 is 10.4 Å². The lowest BCUT2D eigenvalue weighted by Gasteiger charge is -2.45. The quantitative estimate of drug-likeness (QED) is 0.123. The molecule has 2 aliphatic rings. The summed E-state index contributed by atoms with van der Waals surface area (Å²) in [5.41, 5.74) is 3.21. The summed E-state index contributed by atoms with van der Waals surface area (Å²) in [6, 6.07) is 27.7. The zero-order chi connectivity index (χ0) is 36.5. The summed E-state index contributed by atoms with van der Waals surface area (Å²) in [5.74, 6) is -2.67. The Morgan fingerprint density at radius 2 is 1.63 bits per heavy atom. The van der Waals surface area contributed by atoms with Crippen molar-refractivity contribution in [3.05, 3.63) is 112 Å². The van der Waals surface area contributed by atoms with E-state index in [1.54, 1.807) is 11.3 Å². The van der Waals surface area contributed by atoms with Crippen molar-refractivity contribution in [3.63, 3.8) is 0 Å². The fraction of sp³-hybridized carbons (Fsp3) is 0.452. The summed E-state index contributed by atoms with van der Waals surface area (Å²) in [6.45, 7) is 9.75. The van der Waals surface area contributed by atoms with Gasteiger partial charge in [-0.25, -0.2) is 13.8 Å². The molecule has 276 valence electrons. The number of alkyl halides is 3. The van der Waals surface area contributed by atoms with Gasteiger partial charge in [-0.15, -0.1) is 11.3 Å². The Kier molecular flexibility index (Phi) is 10.8. The highest BCUT2D eigenvalue weighted by Crippen LogP contribution is 2.44. The molecule has 1 fully saturated rings. The Morgan fingerprint density at radius 3 is 2.31 bits per heavy atom. The Hall–Kier alpha value is -3.28. The van der Waals surface area contributed by atoms with E-state index in [0.717, 1.165) is 69.3 Å². The number of likely N-dealkylation sites (tertiary alicyclic amines) is 1. The predicted molar refractivity (Wildman–Crippen MR) is 209 cm³/mol. The molecule has 0 spiro atoms. The van der Waals surface area contributed by atoms with Crippen LogP contribution in [0.15, 0.2) is 91.1 Å². The molecule has 0 aliphatic carbocycles. The molecule has 0 radical (unpaired) electrons. The van der Waals surface area contributed by atoms with Crippen LogP contribution in [0.5, 0.6) is 0 Å². The van der Waals surface area contributed by atoms with Crippen molar-refractivity contribution < 1.29 is 17.6 Å². The third kappa shape index (κ3) is 7.42. The van der Waals surface area contributed by atoms with Crippen LogP contribution in [0.1, 0.15) is 67.7 Å². The lowest BCUT2D eigenvalue weighted by atomic mass is 9.91. The third-order valence-corrected chi connectivity index (χ3v) is 17.2. The van der Waals surface area contributed by atoms with E-state index >= 15 is 8.78 Å². The molecule has 0 saturated carbocycles. The average Bonchev–Trinajstić information content (AvgIpc) is 3.87. The number of aromatic nitrogens is 2. The van der Waals surface area contributed by atoms with Crippen molar-refractivity contribution in [2.24, 2.45) is 5.92 Å². The Bertz CT molecular complexity index is 1890. The number of thiazole rings is 1. The summed E-state index contributed by atoms with van der Waals surface area (Å²) in [6.07, 6.45) is 5.07. The van der Waals surface area contributed by atoms with Crippen LogP contribution in [0.4, 0.5) is 13.2 Å². The first-order valence-electron chi connectivity index (χ1n) is 18.7. The first kappa shape index (κ1) is 37.0. The van der Waals surface area contributed by atoms with Gasteiger partial charge >= 0.3 is 0 Å². The van der Waals surface area contributed by atoms with Gasteiger partial charge in [0, 0.05) is 53.2 Å². The van der Waals surface area contributed by atoms with Gasteiger partial charge < -0.3 is 14.3 Å². The monoisotopic (exact) mass is 744 g/mol. The maximum atomic E-state index is 16.8. The Morgan fingerprint density at radius 1 is 0.962 bits per heavy atom. The van der Waals surface area contributed by atoms with E-state index in [0.29, 0.717) is 18.8 Å². The highest BCUT2D eigenvalue weighted by atomic mass is 32.1. The van der Waals surface area contributed by atoms with Gasteiger partial charge in [0.1, 0.15) is 0 Å². The second-order valence-electron chi connectivity index (χ2n) is 15.9. The maximum Gasteiger partial charge on any atom is 0.282 e. The van der Waals surface area contributed by atoms with Crippen LogP contribution in [0.25, 0.3) is 10.9 Å². The van der Waals surface area contributed by atoms with E-state index in [-0.39, 0.29) is 18.8 Å². The lowest BCUT2D eigenvalue weighted by molar-refractivity contribution is -0.0818. The van der Waals surface area contributed by atoms with Gasteiger partial charge in [0.2, 0.25) is 0 Å². The zero-order valence-electron chi connectivity index (χ0n) is 30.8. The fourth-order valence-corrected chi connectivity index (χ4v) is 14.5. The van der Waals surface area contributed by atoms with Gasteiger partial charge in [0.25, 0.3) is 14.2 Å². The summed E-state index contributed by atoms with van der Waals surface area (Å²) in [4.78, 5) is 13.8. The van der Waals surface area contributed by atoms with Crippen molar-refractivity contribution >= 4 is 40.9 Å². The second kappa shape index (κ2) is 15.2. The number of aromatic amines is 1. The van der Waals surface area contributed by atoms with E-state index in [4.69, 9.17) is 9.41 Å². The standard InChI is InChI=1S/C42H51F3N4OSSi/c1-30-24-35-34-18-11-12-19-36(34)47-39(35)40(37-26-46-38(51-37)25-31-20-23-48(27-31)22-13-21-43)49(30)28-42(44,45)29-50-52(41(2,3)4,32-14-7-5-8-15-32)33-16-9-6-10-17-33/h5-12,14-19,26,30-31,40,47H,13,20-25,27-29H2,1-4H3/t30-,31-,40-/m1/s1. The van der Waals surface area contributed by atoms with Crippen LogP contribution >= 0.6 is 11.3 Å². The molecule has 2 aromatic heterocycles. The number of nitrogens with one attached hydrogen (secondary N) is 1. The molecule has 1 N–H and O–H groups in total. The minimum atomic E-state index is -3.16. The lowest BCUT2D eigenvalue weighted by Crippen LogP contribution is -2.67. The number of H-pyrrole nitrogens is 1. The van der Waals surface area contributed by atoms with Crippen LogP contribution in [0, 0.1) is 5.92 Å². The van der Waals surface area contributed by atoms with Crippen molar-refractivity contribution in [2.45, 2.75) is 76.4 Å². The van der Waals surface area contributed by atoms with Gasteiger partial charge in [0.15, 0.2) is 0 Å². The van der Waals surface area contributed by atoms with Crippen molar-refractivity contribution in [3.8, 4) is 0 Å². The molecule has 0 bridgehead atoms. The van der Waals surface area contributed by atoms with Crippen LogP contribution in [0.2, 0.25) is 5.04 Å². The van der Waals surface area contributed by atoms with Gasteiger partial charge in [-0.2, -0.15) is 0 Å². The molecule has 0 unspecified atom stereocenters. The maximum absolute atomic E-state index is 16.8. The van der Waals surface area contributed by atoms with Gasteiger partial charge in [-0.05, 0) is 65.7 Å². The normalized spacial score (nSPS) is 20.5. The third-order valence-electron chi connectivity index (χ3n) is 11.1. The molecule has 2 aliphatic heterocycles. The first-order valence-corrected chi connectivity index (χ1v) is 21.4. The van der Waals surface area contributed by atoms with E-state index in [1.807, 2.05) is 83.9 Å². The minimum absolute atomic E-state index is 0.139. The first-order chi connectivity index (χ1) is 25.0. The SMILES string of the molecule is C[C@@H]1Cc2c([nH]c3ccccc23)[C@@H](c2cnc(C[C@H]3CCN(CCCF)C3)s2)N1CC(F)(F)CO[Si](c1ccccc1)(c1ccccc1)C(C)(C)C. The Balaban J connectivity index is 1.19. The Labute approximate surface area is 311 Å². The van der Waals surface area contributed by atoms with Crippen molar-refractivity contribution in [2.75, 3.05) is 39.5 Å². The number of rotatable bonds is 13. The number of halogens is 3. The smallest absolute Gasteiger partial charge is 0.282 e. The number of benzene rings is 3. The van der Waals surface area contributed by atoms with E-state index in [2.05, 4.69) is 49.7 Å². The number of hydrogen-bond acceptors (Lipinski definition) is 5. The molecular formula is C42H51F3N4OSSi. The fourth-order valence-electron chi connectivity index (χ4n) is 8.71. The molecule has 0 amide bonds. The zero-order valence-corrected chi connectivity index (χ0v) is 32.6. The number of nitrogens with zero attached hydrogens (tertiary/aromatic N) is 3. The predicted octanol–water partition coefficient (Wildman–Crippen LogP) is 8.40. The van der Waals surface area contributed by atoms with E-state index < -0.39 is 32.4 Å². The molecular weight excluding hydrogens is 694 g/mol. The summed E-state index contributed by atoms with van der Waals surface area (Å²) < 4.78 is 53.2. The molecule has 10 heteroatoms. The topological polar surface area (TPSA) is 44.4 Å². The molecule has 3 atom stereocenters. The summed E-state index contributed by atoms with van der Waals surface area (Å²) in [5, 5.41) is 3.75. The van der Waals surface area contributed by atoms with Gasteiger partial charge in [-0.3, -0.25) is 9.29 Å². The average molecular weight is 745 g/mol. The second-order valence-corrected chi connectivity index (χ2v) is 21.3. The molecule has 1 saturated heterocycles. The highest BCUT2D eigenvalue weighted by molar-refractivity contribution is 7.11. The molecule has 3 aromatic carbocycles. The number of fused-ring (bicyclic) bond motifs is 3. The molecule has 4 heterocycles. The summed E-state index contributed by atoms with van der Waals surface area (Å²) in [7, 11) is -3.16. The molecule has 5 aromatic rings. The van der Waals surface area contributed by atoms with Crippen LogP contribution in [-0.2, 0) is 17.3 Å². The van der Waals surface area contributed by atoms with Gasteiger partial charge in [0.05, 0.1) is 30.9 Å². The minimum Gasteiger partial charge on any atom is -0.401 e.